The third-order valence-corrected chi connectivity index (χ3v) is 37.2. The highest BCUT2D eigenvalue weighted by Gasteiger charge is 3.01. The molecule has 1 fully saturated rings. The van der Waals surface area contributed by atoms with Crippen molar-refractivity contribution in [3.05, 3.63) is 287 Å². The fraction of sp³-hybridized carbons (Fsp3) is 0.0866. The van der Waals surface area contributed by atoms with Crippen LogP contribution in [-0.2, 0) is 29.9 Å². The summed E-state index contributed by atoms with van der Waals surface area (Å²) in [7, 11) is 0. The topological polar surface area (TPSA) is 65.6 Å². The number of hydrogen-bond donors (Lipinski definition) is 0. The van der Waals surface area contributed by atoms with Gasteiger partial charge in [0.1, 0.15) is 13.2 Å². The maximum atomic E-state index is 18.6. The number of ether oxygens (including phenoxy) is 2. The average Bonchev–Trinajstić information content (AvgIpc) is 1.35. The van der Waals surface area contributed by atoms with Gasteiger partial charge in [0.25, 0.3) is 0 Å². The standard InChI is InChI=1S/C127H62N4O4/c1-3-128(57-41-33-53(34-42-57)21-17-19-23-55-37-45-63(46-38-55)130(59-25-9-5-10-26-59)60-27-11-6-12-28-60)49-51-134-123(132)127(124(133)135-52-50-129(4-2)58-43-35-54(36-44-58)22-18-20-24-56-39-47-64(48-40-56)131(61-29-13-7-14-30-61)62-31-15-8-16-32-62)125-119-111-103-93-83-75-67-65-66-69-73-71(67)79-87-81(73)91-85-77(69)78-70(66)74-72-68(65)76(75)84-90-80(72)88-82(74)92-86(78)96-95(85)105-99(91)109-101(87)107(97(103)89(79)83)115(119)117(109)121-113(105)114-106(96)100(92)110-102(88)108-98(90)104(94(84)93)112(111)120(125)116(108)118(110)122(114)126(121,125)127/h5-48H,3-4,49-52H2,1-2H3/b21-17+,22-18+,23-19+,24-20+. The van der Waals surface area contributed by atoms with Crippen LogP contribution < -0.4 is 19.6 Å². The lowest BCUT2D eigenvalue weighted by Crippen LogP contribution is -2.41. The molecule has 8 heteroatoms. The maximum absolute atomic E-state index is 18.6. The van der Waals surface area contributed by atoms with Crippen LogP contribution in [0.2, 0.25) is 0 Å². The second-order valence-corrected chi connectivity index (χ2v) is 41.2. The van der Waals surface area contributed by atoms with Gasteiger partial charge >= 0.3 is 11.9 Å². The molecule has 2 spiro atoms. The number of carbonyl (C=O) groups excluding carboxylic acids is 2. The van der Waals surface area contributed by atoms with Gasteiger partial charge in [-0.05, 0) is 446 Å². The number of rotatable bonds is 24. The summed E-state index contributed by atoms with van der Waals surface area (Å²) in [6.45, 7) is 6.73. The zero-order valence-electron chi connectivity index (χ0n) is 72.6. The monoisotopic (exact) mass is 1710 g/mol. The second kappa shape index (κ2) is 20.1. The Balaban J connectivity index is 0.489. The molecule has 0 unspecified atom stereocenters. The second-order valence-electron chi connectivity index (χ2n) is 41.2. The van der Waals surface area contributed by atoms with Crippen molar-refractivity contribution >= 4 is 373 Å². The van der Waals surface area contributed by atoms with Crippen molar-refractivity contribution in [3.63, 3.8) is 0 Å². The number of likely N-dealkylation sites (N-methyl/N-ethyl adjacent to an activating group) is 2. The van der Waals surface area contributed by atoms with Crippen LogP contribution in [0.3, 0.4) is 0 Å². The van der Waals surface area contributed by atoms with Crippen LogP contribution in [0.4, 0.5) is 45.5 Å². The third kappa shape index (κ3) is 5.81. The summed E-state index contributed by atoms with van der Waals surface area (Å²) in [5.41, 5.74) is 13.6. The van der Waals surface area contributed by atoms with Gasteiger partial charge in [-0.1, -0.05) is 170 Å². The molecule has 8 nitrogen and oxygen atoms in total. The van der Waals surface area contributed by atoms with Gasteiger partial charge in [-0.3, -0.25) is 9.59 Å². The van der Waals surface area contributed by atoms with Gasteiger partial charge in [0.2, 0.25) is 0 Å². The first kappa shape index (κ1) is 65.8. The Hall–Kier alpha value is -16.7. The molecule has 0 amide bonds. The molecule has 0 saturated heterocycles. The molecule has 36 aromatic carbocycles. The van der Waals surface area contributed by atoms with Crippen molar-refractivity contribution < 1.29 is 19.1 Å². The lowest BCUT2D eigenvalue weighted by molar-refractivity contribution is -0.166. The lowest BCUT2D eigenvalue weighted by Gasteiger charge is -2.32. The summed E-state index contributed by atoms with van der Waals surface area (Å²) in [4.78, 5) is 46.4. The average molecular weight is 1710 g/mol. The predicted octanol–water partition coefficient (Wildman–Crippen LogP) is 31.8. The van der Waals surface area contributed by atoms with Gasteiger partial charge in [0.15, 0.2) is 5.41 Å². The van der Waals surface area contributed by atoms with E-state index in [9.17, 15) is 0 Å². The number of esters is 2. The highest BCUT2D eigenvalue weighted by atomic mass is 16.6. The van der Waals surface area contributed by atoms with Crippen molar-refractivity contribution in [2.45, 2.75) is 24.7 Å². The summed E-state index contributed by atoms with van der Waals surface area (Å²) in [6.07, 6.45) is 17.1. The summed E-state index contributed by atoms with van der Waals surface area (Å²) < 4.78 is 15.1. The van der Waals surface area contributed by atoms with E-state index in [1.54, 1.807) is 10.8 Å². The predicted molar refractivity (Wildman–Crippen MR) is 565 cm³/mol. The molecule has 41 rings (SSSR count). The summed E-state index contributed by atoms with van der Waals surface area (Å²) in [6, 6.07) is 77.2. The zero-order valence-corrected chi connectivity index (χ0v) is 72.6. The minimum absolute atomic E-state index is 0.0692. The smallest absolute Gasteiger partial charge is 0.326 e. The van der Waals surface area contributed by atoms with Gasteiger partial charge in [0.05, 0.1) is 23.9 Å². The fourth-order valence-corrected chi connectivity index (χ4v) is 33.8. The molecule has 0 aromatic heterocycles. The van der Waals surface area contributed by atoms with Gasteiger partial charge in [-0.15, -0.1) is 0 Å². The Labute approximate surface area is 762 Å². The first-order valence-corrected chi connectivity index (χ1v) is 48.4. The molecule has 614 valence electrons. The highest BCUT2D eigenvalue weighted by molar-refractivity contribution is 6.83. The Kier molecular flexibility index (Phi) is 9.78. The molecule has 135 heavy (non-hydrogen) atoms. The number of carbonyl (C=O) groups is 2. The van der Waals surface area contributed by atoms with Gasteiger partial charge in [-0.2, -0.15) is 0 Å². The van der Waals surface area contributed by atoms with E-state index >= 15 is 9.59 Å². The SMILES string of the molecule is CCN(CCOC(=O)C1(C(=O)OCCN(CC)c2ccc(/C=C/C=C/c3ccc(N(c4ccccc4)c4ccccc4)cc3)cc2)C23c4c5c6c7c8c9c(c%10c%11c2c2c4c4c%12c5c5c6c6c8c8c%13c9c9c%10c%10c%11c%11c2c2c4c4c%12c%12c5c5c6c8c6c8c%13c9c9c%10c%10c%11c2c2c4c4c%12c5c6c5c8c9c%10c2c45)C713)c1ccc(/C=C/C=C/c2ccc(N(c3ccccc3)c3ccccc3)cc2)cc1. The molecular formula is C127H62N4O4. The maximum Gasteiger partial charge on any atom is 0.326 e. The number of hydrogen-bond acceptors (Lipinski definition) is 8. The quantitative estimate of drug-likeness (QED) is 0.0257. The molecule has 0 atom stereocenters. The number of benzene rings is 26. The molecular weight excluding hydrogens is 1650 g/mol. The van der Waals surface area contributed by atoms with Gasteiger partial charge in [-0.25, -0.2) is 0 Å². The van der Waals surface area contributed by atoms with E-state index in [1.165, 1.54) is 302 Å². The first-order chi connectivity index (χ1) is 66.9. The molecule has 36 aromatic rings. The van der Waals surface area contributed by atoms with Crippen LogP contribution >= 0.6 is 0 Å². The van der Waals surface area contributed by atoms with E-state index in [-0.39, 0.29) is 13.2 Å². The molecule has 0 heterocycles. The van der Waals surface area contributed by atoms with Crippen molar-refractivity contribution in [1.82, 2.24) is 0 Å². The summed E-state index contributed by atoms with van der Waals surface area (Å²) in [5, 5.41) is 78.4. The molecule has 0 bridgehead atoms. The molecule has 1 saturated carbocycles. The van der Waals surface area contributed by atoms with Crippen molar-refractivity contribution in [1.29, 1.82) is 0 Å². The summed E-state index contributed by atoms with van der Waals surface area (Å²) in [5.74, 6) is -0.885. The van der Waals surface area contributed by atoms with Crippen LogP contribution in [0.5, 0.6) is 0 Å². The van der Waals surface area contributed by atoms with E-state index in [0.717, 1.165) is 67.8 Å². The van der Waals surface area contributed by atoms with Crippen LogP contribution in [0.1, 0.15) is 58.4 Å². The zero-order chi connectivity index (χ0) is 86.1. The Morgan fingerprint density at radius 1 is 0.215 bits per heavy atom. The van der Waals surface area contributed by atoms with E-state index in [0.29, 0.717) is 26.2 Å². The van der Waals surface area contributed by atoms with Crippen LogP contribution in [-0.4, -0.2) is 51.3 Å². The molecule has 5 aliphatic rings. The molecule has 5 aliphatic carbocycles. The number of para-hydroxylation sites is 4. The lowest BCUT2D eigenvalue weighted by atomic mass is 9.68. The van der Waals surface area contributed by atoms with Gasteiger partial charge < -0.3 is 29.1 Å². The Morgan fingerprint density at radius 3 is 0.556 bits per heavy atom. The van der Waals surface area contributed by atoms with Crippen LogP contribution in [0.25, 0.3) is 315 Å². The molecule has 0 radical (unpaired) electrons. The fourth-order valence-electron chi connectivity index (χ4n) is 33.8. The Morgan fingerprint density at radius 2 is 0.378 bits per heavy atom. The van der Waals surface area contributed by atoms with Gasteiger partial charge in [0, 0.05) is 58.6 Å². The molecule has 0 N–H and O–H groups in total. The first-order valence-electron chi connectivity index (χ1n) is 48.4. The van der Waals surface area contributed by atoms with E-state index in [2.05, 4.69) is 300 Å². The Bertz CT molecular complexity index is 10400. The normalized spacial score (nSPS) is 16.1. The number of anilines is 8. The minimum atomic E-state index is -1.91. The number of nitrogens with zero attached hydrogens (tertiary/aromatic N) is 4. The van der Waals surface area contributed by atoms with Crippen molar-refractivity contribution in [2.24, 2.45) is 5.41 Å². The third-order valence-electron chi connectivity index (χ3n) is 37.2. The largest absolute Gasteiger partial charge is 0.463 e. The number of allylic oxidation sites excluding steroid dienone is 4. The van der Waals surface area contributed by atoms with Crippen LogP contribution in [0.15, 0.2) is 243 Å². The van der Waals surface area contributed by atoms with E-state index in [1.807, 2.05) is 0 Å². The summed E-state index contributed by atoms with van der Waals surface area (Å²) >= 11 is 0. The van der Waals surface area contributed by atoms with E-state index in [4.69, 9.17) is 9.47 Å². The minimum Gasteiger partial charge on any atom is -0.463 e. The van der Waals surface area contributed by atoms with E-state index < -0.39 is 28.2 Å². The van der Waals surface area contributed by atoms with Crippen molar-refractivity contribution in [3.8, 4) is 0 Å². The molecule has 0 aliphatic heterocycles. The highest BCUT2D eigenvalue weighted by Crippen LogP contribution is 2.97. The van der Waals surface area contributed by atoms with Crippen LogP contribution in [0, 0.1) is 5.41 Å². The van der Waals surface area contributed by atoms with Crippen molar-refractivity contribution in [2.75, 3.05) is 59.0 Å².